The van der Waals surface area contributed by atoms with Crippen LogP contribution in [0.2, 0.25) is 0 Å². The third-order valence-corrected chi connectivity index (χ3v) is 3.31. The van der Waals surface area contributed by atoms with Crippen molar-refractivity contribution in [3.63, 3.8) is 0 Å². The van der Waals surface area contributed by atoms with Gasteiger partial charge in [0.1, 0.15) is 6.61 Å². The van der Waals surface area contributed by atoms with Crippen LogP contribution in [-0.4, -0.2) is 36.7 Å². The normalized spacial score (nSPS) is 21.1. The summed E-state index contributed by atoms with van der Waals surface area (Å²) < 4.78 is 10.5. The predicted octanol–water partition coefficient (Wildman–Crippen LogP) is 1.24. The van der Waals surface area contributed by atoms with E-state index in [0.29, 0.717) is 20.3 Å². The third kappa shape index (κ3) is 5.47. The van der Waals surface area contributed by atoms with E-state index in [4.69, 9.17) is 14.5 Å². The first-order valence-corrected chi connectivity index (χ1v) is 6.94. The molecule has 7 heteroatoms. The first-order chi connectivity index (χ1) is 10.1. The summed E-state index contributed by atoms with van der Waals surface area (Å²) in [6.07, 6.45) is 0.574. The molecule has 1 aliphatic heterocycles. The largest absolute Gasteiger partial charge is 0.481 e. The summed E-state index contributed by atoms with van der Waals surface area (Å²) in [5.74, 6) is -0.994. The highest BCUT2D eigenvalue weighted by atomic mass is 16.5. The predicted molar refractivity (Wildman–Crippen MR) is 77.1 cm³/mol. The van der Waals surface area contributed by atoms with E-state index in [2.05, 4.69) is 5.32 Å². The monoisotopic (exact) mass is 291 g/mol. The van der Waals surface area contributed by atoms with Crippen LogP contribution in [-0.2, 0) is 20.8 Å². The second kappa shape index (κ2) is 7.68. The van der Waals surface area contributed by atoms with Crippen LogP contribution in [0, 0.1) is 0 Å². The molecule has 21 heavy (non-hydrogen) atoms. The summed E-state index contributed by atoms with van der Waals surface area (Å²) in [5.41, 5.74) is 0.925. The fourth-order valence-corrected chi connectivity index (χ4v) is 2.21. The maximum atomic E-state index is 11.7. The van der Waals surface area contributed by atoms with Gasteiger partial charge in [0.05, 0.1) is 12.5 Å². The van der Waals surface area contributed by atoms with E-state index >= 15 is 0 Å². The molecule has 2 N–H and O–H groups in total. The maximum absolute atomic E-state index is 11.7. The minimum atomic E-state index is -0.867. The number of benzene rings is 1. The van der Waals surface area contributed by atoms with Crippen molar-refractivity contribution >= 4 is 19.5 Å². The van der Waals surface area contributed by atoms with Gasteiger partial charge in [-0.25, -0.2) is 4.79 Å². The molecule has 0 spiro atoms. The minimum Gasteiger partial charge on any atom is -0.481 e. The van der Waals surface area contributed by atoms with E-state index in [1.807, 2.05) is 30.3 Å². The Morgan fingerprint density at radius 1 is 1.33 bits per heavy atom. The van der Waals surface area contributed by atoms with Crippen LogP contribution in [0.4, 0.5) is 4.79 Å². The average Bonchev–Trinajstić information content (AvgIpc) is 2.48. The number of ether oxygens (including phenoxy) is 1. The van der Waals surface area contributed by atoms with Crippen molar-refractivity contribution < 1.29 is 24.1 Å². The Morgan fingerprint density at radius 2 is 2.10 bits per heavy atom. The van der Waals surface area contributed by atoms with Crippen LogP contribution in [0.5, 0.6) is 0 Å². The van der Waals surface area contributed by atoms with Gasteiger partial charge in [0.2, 0.25) is 0 Å². The standard InChI is InChI=1S/C14H18BNO5/c17-13(18)8-11-6-7-12(15-21-11)16-14(19)20-9-10-4-2-1-3-5-10/h1-5,11-12,15H,6-9H2,(H,16,19)(H,17,18). The zero-order valence-corrected chi connectivity index (χ0v) is 11.7. The van der Waals surface area contributed by atoms with E-state index < -0.39 is 12.1 Å². The number of carbonyl (C=O) groups is 2. The number of carboxylic acids is 1. The van der Waals surface area contributed by atoms with Gasteiger partial charge in [-0.1, -0.05) is 30.3 Å². The van der Waals surface area contributed by atoms with Gasteiger partial charge in [0.25, 0.3) is 7.48 Å². The lowest BCUT2D eigenvalue weighted by Crippen LogP contribution is -2.45. The Hall–Kier alpha value is -2.02. The number of carbonyl (C=O) groups excluding carboxylic acids is 1. The molecule has 2 unspecified atom stereocenters. The Morgan fingerprint density at radius 3 is 2.71 bits per heavy atom. The molecule has 1 saturated heterocycles. The van der Waals surface area contributed by atoms with Crippen molar-refractivity contribution in [2.45, 2.75) is 37.9 Å². The molecular weight excluding hydrogens is 273 g/mol. The molecule has 2 rings (SSSR count). The number of nitrogens with one attached hydrogen (secondary N) is 1. The lowest BCUT2D eigenvalue weighted by Gasteiger charge is -2.27. The van der Waals surface area contributed by atoms with E-state index in [-0.39, 0.29) is 25.1 Å². The molecule has 0 aliphatic carbocycles. The highest BCUT2D eigenvalue weighted by Gasteiger charge is 2.26. The lowest BCUT2D eigenvalue weighted by molar-refractivity contribution is -0.139. The van der Waals surface area contributed by atoms with Crippen molar-refractivity contribution in [3.8, 4) is 0 Å². The number of hydrogen-bond acceptors (Lipinski definition) is 4. The summed E-state index contributed by atoms with van der Waals surface area (Å²) in [4.78, 5) is 22.2. The van der Waals surface area contributed by atoms with Crippen molar-refractivity contribution in [1.29, 1.82) is 0 Å². The van der Waals surface area contributed by atoms with Crippen LogP contribution < -0.4 is 5.32 Å². The summed E-state index contributed by atoms with van der Waals surface area (Å²) >= 11 is 0. The molecule has 1 heterocycles. The highest BCUT2D eigenvalue weighted by molar-refractivity contribution is 6.30. The smallest absolute Gasteiger partial charge is 0.407 e. The van der Waals surface area contributed by atoms with Crippen molar-refractivity contribution in [3.05, 3.63) is 35.9 Å². The molecule has 0 radical (unpaired) electrons. The van der Waals surface area contributed by atoms with Gasteiger partial charge in [-0.05, 0) is 18.4 Å². The SMILES string of the molecule is O=C(O)CC1CCC(NC(=O)OCc2ccccc2)BO1. The third-order valence-electron chi connectivity index (χ3n) is 3.31. The molecule has 2 atom stereocenters. The number of carboxylic acid groups (broad SMARTS) is 1. The van der Waals surface area contributed by atoms with Gasteiger partial charge < -0.3 is 19.8 Å². The van der Waals surface area contributed by atoms with Crippen LogP contribution in [0.25, 0.3) is 0 Å². The molecular formula is C14H18BNO5. The van der Waals surface area contributed by atoms with Crippen LogP contribution in [0.1, 0.15) is 24.8 Å². The van der Waals surface area contributed by atoms with E-state index in [1.165, 1.54) is 0 Å². The van der Waals surface area contributed by atoms with Crippen molar-refractivity contribution in [2.75, 3.05) is 0 Å². The van der Waals surface area contributed by atoms with Crippen LogP contribution in [0.3, 0.4) is 0 Å². The lowest BCUT2D eigenvalue weighted by atomic mass is 9.79. The Balaban J connectivity index is 1.66. The molecule has 112 valence electrons. The second-order valence-electron chi connectivity index (χ2n) is 5.03. The zero-order valence-electron chi connectivity index (χ0n) is 11.7. The van der Waals surface area contributed by atoms with Crippen molar-refractivity contribution in [2.24, 2.45) is 0 Å². The maximum Gasteiger partial charge on any atom is 0.407 e. The Labute approximate surface area is 123 Å². The highest BCUT2D eigenvalue weighted by Crippen LogP contribution is 2.15. The second-order valence-corrected chi connectivity index (χ2v) is 5.03. The van der Waals surface area contributed by atoms with E-state index in [9.17, 15) is 9.59 Å². The van der Waals surface area contributed by atoms with Gasteiger partial charge in [-0.3, -0.25) is 4.79 Å². The number of rotatable bonds is 5. The minimum absolute atomic E-state index is 0.00513. The Bertz CT molecular complexity index is 474. The topological polar surface area (TPSA) is 84.9 Å². The number of aliphatic carboxylic acids is 1. The summed E-state index contributed by atoms with van der Waals surface area (Å²) in [7, 11) is 0.318. The molecule has 0 saturated carbocycles. The first-order valence-electron chi connectivity index (χ1n) is 6.94. The van der Waals surface area contributed by atoms with Crippen LogP contribution in [0.15, 0.2) is 30.3 Å². The molecule has 1 aromatic rings. The number of amides is 1. The molecule has 1 amide bonds. The average molecular weight is 291 g/mol. The number of alkyl carbamates (subject to hydrolysis) is 1. The molecule has 1 aromatic carbocycles. The summed E-state index contributed by atoms with van der Waals surface area (Å²) in [6, 6.07) is 9.43. The van der Waals surface area contributed by atoms with Crippen LogP contribution >= 0.6 is 0 Å². The van der Waals surface area contributed by atoms with Gasteiger partial charge in [0, 0.05) is 5.94 Å². The van der Waals surface area contributed by atoms with E-state index in [1.54, 1.807) is 0 Å². The summed E-state index contributed by atoms with van der Waals surface area (Å²) in [6.45, 7) is 0.224. The fraction of sp³-hybridized carbons (Fsp3) is 0.429. The summed E-state index contributed by atoms with van der Waals surface area (Å²) in [5, 5.41) is 11.4. The molecule has 0 aromatic heterocycles. The quantitative estimate of drug-likeness (QED) is 0.797. The first kappa shape index (κ1) is 15.4. The number of hydrogen-bond donors (Lipinski definition) is 2. The Kier molecular flexibility index (Phi) is 5.63. The van der Waals surface area contributed by atoms with Crippen molar-refractivity contribution in [1.82, 2.24) is 5.32 Å². The van der Waals surface area contributed by atoms with Gasteiger partial charge >= 0.3 is 12.1 Å². The fourth-order valence-electron chi connectivity index (χ4n) is 2.21. The van der Waals surface area contributed by atoms with Gasteiger partial charge in [-0.15, -0.1) is 0 Å². The van der Waals surface area contributed by atoms with Gasteiger partial charge in [-0.2, -0.15) is 0 Å². The zero-order chi connectivity index (χ0) is 15.1. The molecule has 0 bridgehead atoms. The molecule has 6 nitrogen and oxygen atoms in total. The molecule has 1 aliphatic rings. The molecule has 1 fully saturated rings. The van der Waals surface area contributed by atoms with E-state index in [0.717, 1.165) is 5.56 Å². The van der Waals surface area contributed by atoms with Gasteiger partial charge in [0.15, 0.2) is 0 Å².